The highest BCUT2D eigenvalue weighted by Gasteiger charge is 2.01. The highest BCUT2D eigenvalue weighted by atomic mass is 16.5. The van der Waals surface area contributed by atoms with E-state index in [4.69, 9.17) is 9.84 Å². The molecule has 4 heteroatoms. The van der Waals surface area contributed by atoms with Crippen molar-refractivity contribution < 1.29 is 19.7 Å². The van der Waals surface area contributed by atoms with E-state index in [1.807, 2.05) is 6.08 Å². The summed E-state index contributed by atoms with van der Waals surface area (Å²) in [6.45, 7) is 2.17. The van der Waals surface area contributed by atoms with Crippen LogP contribution in [-0.2, 0) is 9.53 Å². The number of aliphatic hydroxyl groups is 2. The van der Waals surface area contributed by atoms with Crippen LogP contribution in [0, 0.1) is 0 Å². The van der Waals surface area contributed by atoms with Crippen LogP contribution in [0.3, 0.4) is 0 Å². The third kappa shape index (κ3) is 15.5. The molecule has 0 aromatic carbocycles. The number of unbranched alkanes of at least 4 members (excludes halogenated alkanes) is 7. The standard InChI is InChI=1S/C18H34O4/c1-2-3-9-12-17(20)13-10-7-5-4-6-8-11-14-18(21)22-16-15-19/h10,13,17,19-20H,2-9,11-12,14-16H2,1H3/b13-10+. The highest BCUT2D eigenvalue weighted by molar-refractivity contribution is 5.69. The zero-order chi connectivity index (χ0) is 16.5. The van der Waals surface area contributed by atoms with E-state index < -0.39 is 0 Å². The largest absolute Gasteiger partial charge is 0.463 e. The molecule has 0 saturated carbocycles. The van der Waals surface area contributed by atoms with Crippen molar-refractivity contribution in [2.75, 3.05) is 13.2 Å². The summed E-state index contributed by atoms with van der Waals surface area (Å²) in [5, 5.41) is 18.2. The van der Waals surface area contributed by atoms with Crippen LogP contribution in [-0.4, -0.2) is 35.5 Å². The first kappa shape index (κ1) is 21.1. The predicted molar refractivity (Wildman–Crippen MR) is 89.7 cm³/mol. The van der Waals surface area contributed by atoms with Crippen molar-refractivity contribution in [2.24, 2.45) is 0 Å². The topological polar surface area (TPSA) is 66.8 Å². The maximum absolute atomic E-state index is 11.2. The fourth-order valence-electron chi connectivity index (χ4n) is 2.25. The Morgan fingerprint density at radius 2 is 1.82 bits per heavy atom. The number of esters is 1. The normalized spacial score (nSPS) is 12.7. The van der Waals surface area contributed by atoms with Gasteiger partial charge in [0.05, 0.1) is 12.7 Å². The minimum absolute atomic E-state index is 0.105. The fourth-order valence-corrected chi connectivity index (χ4v) is 2.25. The molecular weight excluding hydrogens is 280 g/mol. The van der Waals surface area contributed by atoms with E-state index in [1.54, 1.807) is 0 Å². The van der Waals surface area contributed by atoms with Crippen LogP contribution in [0.4, 0.5) is 0 Å². The lowest BCUT2D eigenvalue weighted by Crippen LogP contribution is -2.07. The minimum Gasteiger partial charge on any atom is -0.463 e. The van der Waals surface area contributed by atoms with Gasteiger partial charge in [-0.15, -0.1) is 0 Å². The summed E-state index contributed by atoms with van der Waals surface area (Å²) in [6, 6.07) is 0. The molecule has 0 aliphatic heterocycles. The average molecular weight is 314 g/mol. The van der Waals surface area contributed by atoms with E-state index in [0.29, 0.717) is 6.42 Å². The van der Waals surface area contributed by atoms with Crippen molar-refractivity contribution in [1.82, 2.24) is 0 Å². The van der Waals surface area contributed by atoms with Gasteiger partial charge in [0.1, 0.15) is 6.61 Å². The van der Waals surface area contributed by atoms with Crippen LogP contribution in [0.1, 0.15) is 77.6 Å². The van der Waals surface area contributed by atoms with Crippen molar-refractivity contribution in [3.05, 3.63) is 12.2 Å². The smallest absolute Gasteiger partial charge is 0.305 e. The van der Waals surface area contributed by atoms with Crippen LogP contribution >= 0.6 is 0 Å². The molecule has 0 aromatic heterocycles. The Hall–Kier alpha value is -0.870. The second-order valence-electron chi connectivity index (χ2n) is 5.74. The third-order valence-electron chi connectivity index (χ3n) is 3.57. The van der Waals surface area contributed by atoms with E-state index in [1.165, 1.54) is 12.8 Å². The van der Waals surface area contributed by atoms with Gasteiger partial charge in [0.2, 0.25) is 0 Å². The van der Waals surface area contributed by atoms with Crippen molar-refractivity contribution >= 4 is 5.97 Å². The first-order valence-electron chi connectivity index (χ1n) is 8.82. The van der Waals surface area contributed by atoms with Gasteiger partial charge in [0.25, 0.3) is 0 Å². The third-order valence-corrected chi connectivity index (χ3v) is 3.57. The Labute approximate surface area is 135 Å². The molecule has 0 amide bonds. The number of ether oxygens (including phenoxy) is 1. The van der Waals surface area contributed by atoms with Gasteiger partial charge in [-0.2, -0.15) is 0 Å². The average Bonchev–Trinajstić information content (AvgIpc) is 2.51. The minimum atomic E-state index is -0.281. The molecular formula is C18H34O4. The van der Waals surface area contributed by atoms with Crippen LogP contribution in [0.2, 0.25) is 0 Å². The number of hydrogen-bond acceptors (Lipinski definition) is 4. The first-order chi connectivity index (χ1) is 10.7. The Balaban J connectivity index is 3.30. The summed E-state index contributed by atoms with van der Waals surface area (Å²) in [5.74, 6) is -0.214. The number of carbonyl (C=O) groups is 1. The molecule has 0 radical (unpaired) electrons. The van der Waals surface area contributed by atoms with Crippen LogP contribution in [0.25, 0.3) is 0 Å². The number of aliphatic hydroxyl groups excluding tert-OH is 2. The molecule has 130 valence electrons. The summed E-state index contributed by atoms with van der Waals surface area (Å²) in [5.41, 5.74) is 0. The van der Waals surface area contributed by atoms with E-state index in [9.17, 15) is 9.90 Å². The molecule has 22 heavy (non-hydrogen) atoms. The maximum Gasteiger partial charge on any atom is 0.305 e. The lowest BCUT2D eigenvalue weighted by atomic mass is 10.1. The van der Waals surface area contributed by atoms with Gasteiger partial charge in [-0.3, -0.25) is 4.79 Å². The van der Waals surface area contributed by atoms with Crippen LogP contribution < -0.4 is 0 Å². The molecule has 1 unspecified atom stereocenters. The van der Waals surface area contributed by atoms with E-state index in [0.717, 1.165) is 51.4 Å². The summed E-state index contributed by atoms with van der Waals surface area (Å²) >= 11 is 0. The Kier molecular flexibility index (Phi) is 15.8. The lowest BCUT2D eigenvalue weighted by molar-refractivity contribution is -0.144. The van der Waals surface area contributed by atoms with Gasteiger partial charge in [-0.05, 0) is 25.7 Å². The molecule has 1 atom stereocenters. The molecule has 0 aliphatic carbocycles. The van der Waals surface area contributed by atoms with Crippen molar-refractivity contribution in [3.63, 3.8) is 0 Å². The zero-order valence-corrected chi connectivity index (χ0v) is 14.1. The zero-order valence-electron chi connectivity index (χ0n) is 14.1. The second kappa shape index (κ2) is 16.5. The molecule has 0 fully saturated rings. The molecule has 0 saturated heterocycles. The Bertz CT molecular complexity index is 276. The number of allylic oxidation sites excluding steroid dienone is 1. The van der Waals surface area contributed by atoms with E-state index >= 15 is 0 Å². The van der Waals surface area contributed by atoms with Crippen LogP contribution in [0.15, 0.2) is 12.2 Å². The fraction of sp³-hybridized carbons (Fsp3) is 0.833. The number of rotatable bonds is 15. The summed E-state index contributed by atoms with van der Waals surface area (Å²) < 4.78 is 4.79. The van der Waals surface area contributed by atoms with E-state index in [-0.39, 0.29) is 25.3 Å². The van der Waals surface area contributed by atoms with Crippen molar-refractivity contribution in [1.29, 1.82) is 0 Å². The Morgan fingerprint density at radius 3 is 2.55 bits per heavy atom. The maximum atomic E-state index is 11.2. The van der Waals surface area contributed by atoms with Gasteiger partial charge >= 0.3 is 5.97 Å². The van der Waals surface area contributed by atoms with Gasteiger partial charge in [0, 0.05) is 6.42 Å². The van der Waals surface area contributed by atoms with Gasteiger partial charge in [-0.25, -0.2) is 0 Å². The predicted octanol–water partition coefficient (Wildman–Crippen LogP) is 3.75. The first-order valence-corrected chi connectivity index (χ1v) is 8.82. The second-order valence-corrected chi connectivity index (χ2v) is 5.74. The molecule has 0 spiro atoms. The molecule has 0 heterocycles. The molecule has 0 aromatic rings. The molecule has 4 nitrogen and oxygen atoms in total. The summed E-state index contributed by atoms with van der Waals surface area (Å²) in [4.78, 5) is 11.2. The monoisotopic (exact) mass is 314 g/mol. The quantitative estimate of drug-likeness (QED) is 0.274. The lowest BCUT2D eigenvalue weighted by Gasteiger charge is -2.04. The molecule has 0 bridgehead atoms. The molecule has 0 rings (SSSR count). The van der Waals surface area contributed by atoms with Gasteiger partial charge in [-0.1, -0.05) is 57.6 Å². The molecule has 2 N–H and O–H groups in total. The molecule has 0 aliphatic rings. The van der Waals surface area contributed by atoms with Crippen LogP contribution in [0.5, 0.6) is 0 Å². The summed E-state index contributed by atoms with van der Waals surface area (Å²) in [7, 11) is 0. The van der Waals surface area contributed by atoms with Gasteiger partial charge in [0.15, 0.2) is 0 Å². The van der Waals surface area contributed by atoms with Gasteiger partial charge < -0.3 is 14.9 Å². The van der Waals surface area contributed by atoms with E-state index in [2.05, 4.69) is 13.0 Å². The highest BCUT2D eigenvalue weighted by Crippen LogP contribution is 2.09. The van der Waals surface area contributed by atoms with Crippen molar-refractivity contribution in [2.45, 2.75) is 83.7 Å². The number of carbonyl (C=O) groups excluding carboxylic acids is 1. The van der Waals surface area contributed by atoms with Crippen molar-refractivity contribution in [3.8, 4) is 0 Å². The summed E-state index contributed by atoms with van der Waals surface area (Å²) in [6.07, 6.45) is 14.9. The Morgan fingerprint density at radius 1 is 1.09 bits per heavy atom. The SMILES string of the molecule is CCCCCC(O)/C=C/CCCCCCCC(=O)OCCO. The number of hydrogen-bond donors (Lipinski definition) is 2.